The maximum Gasteiger partial charge on any atom is 0.310 e. The van der Waals surface area contributed by atoms with Crippen LogP contribution in [0.1, 0.15) is 24.5 Å². The fraction of sp³-hybridized carbons (Fsp3) is 0.357. The molecule has 0 saturated carbocycles. The maximum absolute atomic E-state index is 11.0. The van der Waals surface area contributed by atoms with E-state index < -0.39 is 11.9 Å². The summed E-state index contributed by atoms with van der Waals surface area (Å²) in [5.74, 6) is -0.360. The zero-order valence-corrected chi connectivity index (χ0v) is 10.1. The van der Waals surface area contributed by atoms with Crippen molar-refractivity contribution in [3.63, 3.8) is 0 Å². The van der Waals surface area contributed by atoms with E-state index in [9.17, 15) is 4.79 Å². The van der Waals surface area contributed by atoms with E-state index in [1.807, 2.05) is 24.3 Å². The van der Waals surface area contributed by atoms with E-state index in [1.165, 1.54) is 5.56 Å². The monoisotopic (exact) mass is 232 g/mol. The smallest absolute Gasteiger partial charge is 0.310 e. The summed E-state index contributed by atoms with van der Waals surface area (Å²) < 4.78 is 5.18. The lowest BCUT2D eigenvalue weighted by molar-refractivity contribution is -0.139. The Hall–Kier alpha value is -1.77. The van der Waals surface area contributed by atoms with Crippen molar-refractivity contribution in [3.05, 3.63) is 34.9 Å². The minimum absolute atomic E-state index is 0.408. The average molecular weight is 232 g/mol. The Morgan fingerprint density at radius 2 is 2.18 bits per heavy atom. The summed E-state index contributed by atoms with van der Waals surface area (Å²) in [7, 11) is 1.63. The fourth-order valence-corrected chi connectivity index (χ4v) is 2.11. The molecule has 1 aliphatic rings. The number of carboxylic acids is 1. The molecule has 2 rings (SSSR count). The van der Waals surface area contributed by atoms with Gasteiger partial charge >= 0.3 is 5.97 Å². The number of aryl methyl sites for hydroxylation is 1. The molecule has 0 spiro atoms. The second kappa shape index (κ2) is 4.62. The highest BCUT2D eigenvalue weighted by molar-refractivity contribution is 5.76. The molecule has 1 aliphatic carbocycles. The molecule has 0 radical (unpaired) electrons. The van der Waals surface area contributed by atoms with Crippen LogP contribution in [0.5, 0.6) is 5.75 Å². The van der Waals surface area contributed by atoms with Crippen LogP contribution < -0.4 is 4.74 Å². The summed E-state index contributed by atoms with van der Waals surface area (Å²) in [6, 6.07) is 5.95. The molecule has 90 valence electrons. The van der Waals surface area contributed by atoms with Gasteiger partial charge in [-0.2, -0.15) is 0 Å². The van der Waals surface area contributed by atoms with Crippen LogP contribution in [0.3, 0.4) is 0 Å². The molecule has 0 bridgehead atoms. The van der Waals surface area contributed by atoms with Crippen LogP contribution in [0.4, 0.5) is 0 Å². The number of benzene rings is 1. The minimum atomic E-state index is -0.761. The van der Waals surface area contributed by atoms with Crippen LogP contribution in [0.15, 0.2) is 23.8 Å². The highest BCUT2D eigenvalue weighted by atomic mass is 16.5. The quantitative estimate of drug-likeness (QED) is 0.871. The van der Waals surface area contributed by atoms with Crippen molar-refractivity contribution in [2.45, 2.75) is 19.8 Å². The summed E-state index contributed by atoms with van der Waals surface area (Å²) in [5, 5.41) is 9.02. The number of fused-ring (bicyclic) bond motifs is 1. The molecule has 1 aromatic carbocycles. The molecule has 1 aromatic rings. The standard InChI is InChI=1S/C14H16O3/c1-9(14(15)16)11-4-3-10-5-6-13(17-2)8-12(10)7-11/h5-9H,3-4H2,1-2H3,(H,15,16). The first-order valence-corrected chi connectivity index (χ1v) is 5.72. The third kappa shape index (κ3) is 2.33. The van der Waals surface area contributed by atoms with Gasteiger partial charge in [-0.25, -0.2) is 0 Å². The first-order chi connectivity index (χ1) is 8.11. The minimum Gasteiger partial charge on any atom is -0.497 e. The Bertz CT molecular complexity index is 474. The lowest BCUT2D eigenvalue weighted by atomic mass is 9.86. The van der Waals surface area contributed by atoms with E-state index in [4.69, 9.17) is 9.84 Å². The summed E-state index contributed by atoms with van der Waals surface area (Å²) in [6.45, 7) is 1.74. The van der Waals surface area contributed by atoms with Crippen molar-refractivity contribution in [1.82, 2.24) is 0 Å². The highest BCUT2D eigenvalue weighted by Gasteiger charge is 2.20. The van der Waals surface area contributed by atoms with Gasteiger partial charge in [0.1, 0.15) is 5.75 Å². The molecule has 3 heteroatoms. The van der Waals surface area contributed by atoms with Gasteiger partial charge in [-0.3, -0.25) is 4.79 Å². The topological polar surface area (TPSA) is 46.5 Å². The van der Waals surface area contributed by atoms with Crippen LogP contribution in [0.2, 0.25) is 0 Å². The van der Waals surface area contributed by atoms with Crippen LogP contribution in [-0.2, 0) is 11.2 Å². The average Bonchev–Trinajstić information content (AvgIpc) is 2.36. The van der Waals surface area contributed by atoms with Gasteiger partial charge in [0.2, 0.25) is 0 Å². The van der Waals surface area contributed by atoms with E-state index in [0.717, 1.165) is 29.7 Å². The van der Waals surface area contributed by atoms with Crippen LogP contribution >= 0.6 is 0 Å². The third-order valence-electron chi connectivity index (χ3n) is 3.30. The van der Waals surface area contributed by atoms with E-state index in [2.05, 4.69) is 0 Å². The molecule has 17 heavy (non-hydrogen) atoms. The Morgan fingerprint density at radius 1 is 1.41 bits per heavy atom. The normalized spacial score (nSPS) is 15.8. The second-order valence-electron chi connectivity index (χ2n) is 4.34. The highest BCUT2D eigenvalue weighted by Crippen LogP contribution is 2.30. The number of carbonyl (C=O) groups is 1. The van der Waals surface area contributed by atoms with Crippen molar-refractivity contribution in [1.29, 1.82) is 0 Å². The number of ether oxygens (including phenoxy) is 1. The van der Waals surface area contributed by atoms with E-state index >= 15 is 0 Å². The molecular formula is C14H16O3. The van der Waals surface area contributed by atoms with Gasteiger partial charge in [0, 0.05) is 0 Å². The van der Waals surface area contributed by atoms with Crippen LogP contribution in [-0.4, -0.2) is 18.2 Å². The SMILES string of the molecule is COc1ccc2c(c1)C=C(C(C)C(=O)O)CC2. The number of carboxylic acid groups (broad SMARTS) is 1. The Labute approximate surface area is 101 Å². The number of rotatable bonds is 3. The third-order valence-corrected chi connectivity index (χ3v) is 3.30. The second-order valence-corrected chi connectivity index (χ2v) is 4.34. The van der Waals surface area contributed by atoms with Crippen molar-refractivity contribution < 1.29 is 14.6 Å². The van der Waals surface area contributed by atoms with Gasteiger partial charge in [0.15, 0.2) is 0 Å². The molecule has 0 heterocycles. The Morgan fingerprint density at radius 3 is 2.82 bits per heavy atom. The summed E-state index contributed by atoms with van der Waals surface area (Å²) >= 11 is 0. The molecule has 0 aliphatic heterocycles. The van der Waals surface area contributed by atoms with Crippen molar-refractivity contribution in [2.24, 2.45) is 5.92 Å². The maximum atomic E-state index is 11.0. The predicted molar refractivity (Wildman–Crippen MR) is 66.1 cm³/mol. The van der Waals surface area contributed by atoms with Gasteiger partial charge in [-0.15, -0.1) is 0 Å². The van der Waals surface area contributed by atoms with E-state index in [0.29, 0.717) is 0 Å². The van der Waals surface area contributed by atoms with Crippen molar-refractivity contribution >= 4 is 12.0 Å². The largest absolute Gasteiger partial charge is 0.497 e. The van der Waals surface area contributed by atoms with Gasteiger partial charge in [0.05, 0.1) is 13.0 Å². The van der Waals surface area contributed by atoms with Crippen LogP contribution in [0.25, 0.3) is 6.08 Å². The predicted octanol–water partition coefficient (Wildman–Crippen LogP) is 2.75. The molecule has 1 unspecified atom stereocenters. The number of hydrogen-bond acceptors (Lipinski definition) is 2. The summed E-state index contributed by atoms with van der Waals surface area (Å²) in [4.78, 5) is 11.0. The molecule has 1 atom stereocenters. The number of hydrogen-bond donors (Lipinski definition) is 1. The van der Waals surface area contributed by atoms with Crippen LogP contribution in [0, 0.1) is 5.92 Å². The lowest BCUT2D eigenvalue weighted by Gasteiger charge is -2.19. The molecule has 1 N–H and O–H groups in total. The fourth-order valence-electron chi connectivity index (χ4n) is 2.11. The van der Waals surface area contributed by atoms with E-state index in [1.54, 1.807) is 14.0 Å². The van der Waals surface area contributed by atoms with Gasteiger partial charge in [-0.1, -0.05) is 17.7 Å². The summed E-state index contributed by atoms with van der Waals surface area (Å²) in [6.07, 6.45) is 3.72. The van der Waals surface area contributed by atoms with Gasteiger partial charge in [-0.05, 0) is 43.0 Å². The molecule has 0 amide bonds. The summed E-state index contributed by atoms with van der Waals surface area (Å²) in [5.41, 5.74) is 3.32. The van der Waals surface area contributed by atoms with Gasteiger partial charge in [0.25, 0.3) is 0 Å². The first kappa shape index (κ1) is 11.7. The first-order valence-electron chi connectivity index (χ1n) is 5.72. The zero-order valence-electron chi connectivity index (χ0n) is 10.1. The Kier molecular flexibility index (Phi) is 3.18. The van der Waals surface area contributed by atoms with Gasteiger partial charge < -0.3 is 9.84 Å². The van der Waals surface area contributed by atoms with Crippen molar-refractivity contribution in [2.75, 3.05) is 7.11 Å². The molecule has 0 aromatic heterocycles. The number of methoxy groups -OCH3 is 1. The molecule has 3 nitrogen and oxygen atoms in total. The number of aliphatic carboxylic acids is 1. The molecule has 0 fully saturated rings. The van der Waals surface area contributed by atoms with E-state index in [-0.39, 0.29) is 0 Å². The molecule has 0 saturated heterocycles. The lowest BCUT2D eigenvalue weighted by Crippen LogP contribution is -2.15. The molecular weight excluding hydrogens is 216 g/mol. The van der Waals surface area contributed by atoms with Crippen molar-refractivity contribution in [3.8, 4) is 5.75 Å². The Balaban J connectivity index is 2.35. The zero-order chi connectivity index (χ0) is 12.4.